The molecule has 4 nitrogen and oxygen atoms in total. The molecule has 1 unspecified atom stereocenters. The summed E-state index contributed by atoms with van der Waals surface area (Å²) in [6.45, 7) is 10.5. The molecule has 1 aromatic heterocycles. The number of methoxy groups -OCH3 is 1. The molecule has 1 fully saturated rings. The van der Waals surface area contributed by atoms with Crippen molar-refractivity contribution >= 4 is 16.5 Å². The van der Waals surface area contributed by atoms with Crippen molar-refractivity contribution in [3.05, 3.63) is 10.6 Å². The molecule has 1 saturated heterocycles. The Kier molecular flexibility index (Phi) is 6.45. The van der Waals surface area contributed by atoms with Gasteiger partial charge < -0.3 is 15.0 Å². The maximum Gasteiger partial charge on any atom is 0.185 e. The van der Waals surface area contributed by atoms with Crippen molar-refractivity contribution in [1.82, 2.24) is 10.3 Å². The minimum Gasteiger partial charge on any atom is -0.378 e. The molecule has 0 saturated carbocycles. The first-order chi connectivity index (χ1) is 10.1. The number of nitrogens with zero attached hydrogens (tertiary/aromatic N) is 2. The van der Waals surface area contributed by atoms with Crippen molar-refractivity contribution in [2.24, 2.45) is 5.92 Å². The van der Waals surface area contributed by atoms with Crippen LogP contribution in [0.4, 0.5) is 5.13 Å². The molecule has 2 rings (SSSR count). The summed E-state index contributed by atoms with van der Waals surface area (Å²) >= 11 is 1.83. The Labute approximate surface area is 132 Å². The van der Waals surface area contributed by atoms with Crippen molar-refractivity contribution in [3.8, 4) is 0 Å². The van der Waals surface area contributed by atoms with E-state index < -0.39 is 0 Å². The third-order valence-electron chi connectivity index (χ3n) is 4.01. The van der Waals surface area contributed by atoms with E-state index in [0.29, 0.717) is 12.6 Å². The third-order valence-corrected chi connectivity index (χ3v) is 5.16. The van der Waals surface area contributed by atoms with E-state index in [9.17, 15) is 0 Å². The van der Waals surface area contributed by atoms with Crippen LogP contribution in [0.1, 0.15) is 50.6 Å². The maximum atomic E-state index is 5.32. The second-order valence-corrected chi connectivity index (χ2v) is 7.42. The summed E-state index contributed by atoms with van der Waals surface area (Å²) < 4.78 is 5.32. The van der Waals surface area contributed by atoms with E-state index in [1.54, 1.807) is 7.11 Å². The topological polar surface area (TPSA) is 37.4 Å². The highest BCUT2D eigenvalue weighted by atomic mass is 32.1. The van der Waals surface area contributed by atoms with Gasteiger partial charge in [0.05, 0.1) is 12.3 Å². The minimum atomic E-state index is 0.491. The number of nitrogens with one attached hydrogen (secondary N) is 1. The number of thiazole rings is 1. The largest absolute Gasteiger partial charge is 0.378 e. The molecule has 1 aromatic rings. The second kappa shape index (κ2) is 8.11. The van der Waals surface area contributed by atoms with Gasteiger partial charge in [-0.3, -0.25) is 0 Å². The maximum absolute atomic E-state index is 5.32. The number of hydrogen-bond acceptors (Lipinski definition) is 5. The van der Waals surface area contributed by atoms with Gasteiger partial charge in [0.2, 0.25) is 0 Å². The van der Waals surface area contributed by atoms with Crippen LogP contribution in [0.15, 0.2) is 0 Å². The van der Waals surface area contributed by atoms with Crippen LogP contribution < -0.4 is 10.2 Å². The predicted octanol–water partition coefficient (Wildman–Crippen LogP) is 3.41. The molecule has 1 aliphatic rings. The summed E-state index contributed by atoms with van der Waals surface area (Å²) in [5.41, 5.74) is 1.10. The quantitative estimate of drug-likeness (QED) is 0.873. The van der Waals surface area contributed by atoms with Gasteiger partial charge in [-0.05, 0) is 25.2 Å². The van der Waals surface area contributed by atoms with Gasteiger partial charge in [0.25, 0.3) is 0 Å². The molecular weight excluding hydrogens is 282 g/mol. The summed E-state index contributed by atoms with van der Waals surface area (Å²) in [4.78, 5) is 8.63. The van der Waals surface area contributed by atoms with E-state index in [0.717, 1.165) is 31.2 Å². The van der Waals surface area contributed by atoms with Gasteiger partial charge in [0.1, 0.15) is 0 Å². The number of ether oxygens (including phenoxy) is 1. The van der Waals surface area contributed by atoms with Crippen LogP contribution in [0.3, 0.4) is 0 Å². The summed E-state index contributed by atoms with van der Waals surface area (Å²) in [5.74, 6) is 0.843. The molecule has 0 aromatic carbocycles. The molecule has 120 valence electrons. The lowest BCUT2D eigenvalue weighted by atomic mass is 10.0. The first kappa shape index (κ1) is 16.7. The zero-order chi connectivity index (χ0) is 15.2. The van der Waals surface area contributed by atoms with E-state index in [1.165, 1.54) is 29.3 Å². The minimum absolute atomic E-state index is 0.491. The van der Waals surface area contributed by atoms with E-state index in [-0.39, 0.29) is 0 Å². The van der Waals surface area contributed by atoms with Gasteiger partial charge in [-0.2, -0.15) is 0 Å². The summed E-state index contributed by atoms with van der Waals surface area (Å²) in [6.07, 6.45) is 3.90. The molecule has 21 heavy (non-hydrogen) atoms. The Morgan fingerprint density at radius 2 is 2.19 bits per heavy atom. The van der Waals surface area contributed by atoms with Gasteiger partial charge in [-0.1, -0.05) is 20.8 Å². The lowest BCUT2D eigenvalue weighted by Gasteiger charge is -2.18. The molecule has 1 atom stereocenters. The molecule has 1 N–H and O–H groups in total. The molecule has 0 amide bonds. The Morgan fingerprint density at radius 1 is 1.38 bits per heavy atom. The second-order valence-electron chi connectivity index (χ2n) is 6.36. The summed E-state index contributed by atoms with van der Waals surface area (Å²) in [7, 11) is 1.74. The van der Waals surface area contributed by atoms with Crippen molar-refractivity contribution in [1.29, 1.82) is 0 Å². The van der Waals surface area contributed by atoms with Crippen molar-refractivity contribution in [2.45, 2.75) is 59.2 Å². The van der Waals surface area contributed by atoms with Crippen LogP contribution in [0.25, 0.3) is 0 Å². The predicted molar refractivity (Wildman–Crippen MR) is 90.0 cm³/mol. The molecular formula is C16H29N3OS. The van der Waals surface area contributed by atoms with Crippen LogP contribution in [-0.2, 0) is 17.9 Å². The third kappa shape index (κ3) is 4.94. The number of aromatic nitrogens is 1. The molecule has 0 bridgehead atoms. The van der Waals surface area contributed by atoms with E-state index in [2.05, 4.69) is 31.0 Å². The average Bonchev–Trinajstić information content (AvgIpc) is 2.70. The van der Waals surface area contributed by atoms with Gasteiger partial charge in [0.15, 0.2) is 5.13 Å². The smallest absolute Gasteiger partial charge is 0.185 e. The Balaban J connectivity index is 2.09. The first-order valence-corrected chi connectivity index (χ1v) is 8.87. The van der Waals surface area contributed by atoms with E-state index in [4.69, 9.17) is 9.72 Å². The molecule has 0 aliphatic carbocycles. The van der Waals surface area contributed by atoms with Crippen LogP contribution in [0.2, 0.25) is 0 Å². The SMILES string of the molecule is COCc1nc(N2CCCC(C)CC2)sc1CNC(C)C. The highest BCUT2D eigenvalue weighted by Gasteiger charge is 2.19. The Morgan fingerprint density at radius 3 is 2.90 bits per heavy atom. The Hall–Kier alpha value is -0.650. The van der Waals surface area contributed by atoms with Crippen LogP contribution in [0, 0.1) is 5.92 Å². The monoisotopic (exact) mass is 311 g/mol. The van der Waals surface area contributed by atoms with Crippen LogP contribution in [0.5, 0.6) is 0 Å². The normalized spacial score (nSPS) is 20.0. The van der Waals surface area contributed by atoms with Crippen molar-refractivity contribution in [3.63, 3.8) is 0 Å². The van der Waals surface area contributed by atoms with E-state index in [1.807, 2.05) is 11.3 Å². The van der Waals surface area contributed by atoms with Gasteiger partial charge in [0, 0.05) is 37.7 Å². The van der Waals surface area contributed by atoms with Gasteiger partial charge >= 0.3 is 0 Å². The molecule has 5 heteroatoms. The van der Waals surface area contributed by atoms with Crippen LogP contribution in [-0.4, -0.2) is 31.2 Å². The van der Waals surface area contributed by atoms with Gasteiger partial charge in [-0.15, -0.1) is 11.3 Å². The fourth-order valence-corrected chi connectivity index (χ4v) is 3.71. The lowest BCUT2D eigenvalue weighted by molar-refractivity contribution is 0.181. The van der Waals surface area contributed by atoms with Gasteiger partial charge in [-0.25, -0.2) is 4.98 Å². The fourth-order valence-electron chi connectivity index (χ4n) is 2.64. The summed E-state index contributed by atoms with van der Waals surface area (Å²) in [6, 6.07) is 0.491. The van der Waals surface area contributed by atoms with Crippen molar-refractivity contribution in [2.75, 3.05) is 25.1 Å². The lowest BCUT2D eigenvalue weighted by Crippen LogP contribution is -2.23. The van der Waals surface area contributed by atoms with Crippen LogP contribution >= 0.6 is 11.3 Å². The first-order valence-electron chi connectivity index (χ1n) is 8.06. The highest BCUT2D eigenvalue weighted by molar-refractivity contribution is 7.15. The molecule has 0 spiro atoms. The number of anilines is 1. The zero-order valence-corrected chi connectivity index (χ0v) is 14.6. The molecule has 1 aliphatic heterocycles. The zero-order valence-electron chi connectivity index (χ0n) is 13.8. The average molecular weight is 311 g/mol. The summed E-state index contributed by atoms with van der Waals surface area (Å²) in [5, 5.41) is 4.67. The fraction of sp³-hybridized carbons (Fsp3) is 0.812. The number of rotatable bonds is 6. The Bertz CT molecular complexity index is 433. The number of hydrogen-bond donors (Lipinski definition) is 1. The van der Waals surface area contributed by atoms with E-state index >= 15 is 0 Å². The van der Waals surface area contributed by atoms with Crippen molar-refractivity contribution < 1.29 is 4.74 Å². The molecule has 0 radical (unpaired) electrons. The highest BCUT2D eigenvalue weighted by Crippen LogP contribution is 2.29. The standard InChI is InChI=1S/C16H29N3OS/c1-12(2)17-10-15-14(11-20-4)18-16(21-15)19-8-5-6-13(3)7-9-19/h12-13,17H,5-11H2,1-4H3. The molecule has 2 heterocycles.